The highest BCUT2D eigenvalue weighted by molar-refractivity contribution is 7.05. The van der Waals surface area contributed by atoms with E-state index < -0.39 is 0 Å². The van der Waals surface area contributed by atoms with E-state index in [9.17, 15) is 0 Å². The van der Waals surface area contributed by atoms with Gasteiger partial charge in [0, 0.05) is 0 Å². The topological polar surface area (TPSA) is 61.0 Å². The Hall–Kier alpha value is -1.62. The molecule has 15 heavy (non-hydrogen) atoms. The molecule has 0 bridgehead atoms. The van der Waals surface area contributed by atoms with Crippen LogP contribution in [-0.2, 0) is 6.61 Å². The van der Waals surface area contributed by atoms with Crippen LogP contribution in [0.15, 0.2) is 24.3 Å². The van der Waals surface area contributed by atoms with Gasteiger partial charge in [0.05, 0.1) is 0 Å². The summed E-state index contributed by atoms with van der Waals surface area (Å²) in [5.41, 5.74) is 6.80. The van der Waals surface area contributed by atoms with Crippen LogP contribution in [0.4, 0.5) is 5.82 Å². The fraction of sp³-hybridized carbons (Fsp3) is 0.200. The third kappa shape index (κ3) is 2.44. The van der Waals surface area contributed by atoms with Gasteiger partial charge >= 0.3 is 0 Å². The summed E-state index contributed by atoms with van der Waals surface area (Å²) >= 11 is 1.26. The molecule has 0 saturated carbocycles. The molecule has 0 spiro atoms. The Kier molecular flexibility index (Phi) is 2.82. The molecule has 1 aromatic heterocycles. The van der Waals surface area contributed by atoms with Gasteiger partial charge in [-0.05, 0) is 30.6 Å². The molecule has 0 saturated heterocycles. The molecule has 0 atom stereocenters. The van der Waals surface area contributed by atoms with Crippen molar-refractivity contribution in [2.45, 2.75) is 13.5 Å². The van der Waals surface area contributed by atoms with Crippen LogP contribution in [0.25, 0.3) is 0 Å². The van der Waals surface area contributed by atoms with Crippen LogP contribution in [0.2, 0.25) is 0 Å². The van der Waals surface area contributed by atoms with E-state index in [1.54, 1.807) is 0 Å². The Balaban J connectivity index is 1.99. The first-order valence-electron chi connectivity index (χ1n) is 4.52. The summed E-state index contributed by atoms with van der Waals surface area (Å²) in [4.78, 5) is 0.857. The molecule has 0 fully saturated rings. The standard InChI is InChI=1S/C10H11N3OS/c1-7-2-4-8(5-3-7)14-6-9-10(11)12-13-15-9/h2-5H,6,11H2,1H3. The Bertz CT molecular complexity index is 438. The van der Waals surface area contributed by atoms with Gasteiger partial charge in [-0.25, -0.2) is 0 Å². The SMILES string of the molecule is Cc1ccc(OCc2snnc2N)cc1. The number of hydrogen-bond acceptors (Lipinski definition) is 5. The molecule has 0 amide bonds. The van der Waals surface area contributed by atoms with Gasteiger partial charge in [0.25, 0.3) is 0 Å². The summed E-state index contributed by atoms with van der Waals surface area (Å²) in [7, 11) is 0. The van der Waals surface area contributed by atoms with Gasteiger partial charge < -0.3 is 10.5 Å². The lowest BCUT2D eigenvalue weighted by Crippen LogP contribution is -1.97. The molecule has 2 N–H and O–H groups in total. The first-order valence-corrected chi connectivity index (χ1v) is 5.29. The lowest BCUT2D eigenvalue weighted by molar-refractivity contribution is 0.310. The van der Waals surface area contributed by atoms with Crippen LogP contribution in [0, 0.1) is 6.92 Å². The van der Waals surface area contributed by atoms with Crippen LogP contribution in [0.1, 0.15) is 10.4 Å². The second kappa shape index (κ2) is 4.27. The van der Waals surface area contributed by atoms with Gasteiger partial charge in [0.2, 0.25) is 0 Å². The number of aromatic nitrogens is 2. The fourth-order valence-electron chi connectivity index (χ4n) is 1.10. The van der Waals surface area contributed by atoms with E-state index in [0.717, 1.165) is 10.6 Å². The number of nitrogens with two attached hydrogens (primary N) is 1. The molecule has 0 unspecified atom stereocenters. The second-order valence-corrected chi connectivity index (χ2v) is 4.02. The molecular weight excluding hydrogens is 210 g/mol. The molecule has 2 rings (SSSR count). The maximum absolute atomic E-state index is 5.59. The van der Waals surface area contributed by atoms with Crippen molar-refractivity contribution in [1.82, 2.24) is 9.59 Å². The van der Waals surface area contributed by atoms with Crippen molar-refractivity contribution in [3.8, 4) is 5.75 Å². The van der Waals surface area contributed by atoms with E-state index in [2.05, 4.69) is 9.59 Å². The molecule has 1 heterocycles. The summed E-state index contributed by atoms with van der Waals surface area (Å²) in [5.74, 6) is 1.28. The van der Waals surface area contributed by atoms with Crippen molar-refractivity contribution >= 4 is 17.4 Å². The van der Waals surface area contributed by atoms with Gasteiger partial charge in [0.15, 0.2) is 5.82 Å². The molecule has 0 radical (unpaired) electrons. The third-order valence-electron chi connectivity index (χ3n) is 1.98. The summed E-state index contributed by atoms with van der Waals surface area (Å²) < 4.78 is 9.27. The van der Waals surface area contributed by atoms with Gasteiger partial charge in [-0.1, -0.05) is 22.2 Å². The zero-order valence-corrected chi connectivity index (χ0v) is 9.12. The van der Waals surface area contributed by atoms with Gasteiger partial charge in [-0.3, -0.25) is 0 Å². The van der Waals surface area contributed by atoms with Crippen molar-refractivity contribution in [3.63, 3.8) is 0 Å². The van der Waals surface area contributed by atoms with E-state index in [4.69, 9.17) is 10.5 Å². The molecule has 1 aromatic carbocycles. The summed E-state index contributed by atoms with van der Waals surface area (Å²) in [5, 5.41) is 3.71. The Morgan fingerprint density at radius 1 is 1.33 bits per heavy atom. The quantitative estimate of drug-likeness (QED) is 0.861. The monoisotopic (exact) mass is 221 g/mol. The van der Waals surface area contributed by atoms with Crippen LogP contribution in [0.3, 0.4) is 0 Å². The lowest BCUT2D eigenvalue weighted by Gasteiger charge is -2.04. The van der Waals surface area contributed by atoms with Crippen LogP contribution in [0.5, 0.6) is 5.75 Å². The molecular formula is C10H11N3OS. The number of ether oxygens (including phenoxy) is 1. The normalized spacial score (nSPS) is 10.2. The van der Waals surface area contributed by atoms with Crippen LogP contribution < -0.4 is 10.5 Å². The Morgan fingerprint density at radius 3 is 2.67 bits per heavy atom. The zero-order chi connectivity index (χ0) is 10.7. The van der Waals surface area contributed by atoms with Crippen LogP contribution in [-0.4, -0.2) is 9.59 Å². The highest BCUT2D eigenvalue weighted by atomic mass is 32.1. The average Bonchev–Trinajstić information content (AvgIpc) is 2.63. The first-order chi connectivity index (χ1) is 7.25. The van der Waals surface area contributed by atoms with E-state index >= 15 is 0 Å². The minimum atomic E-state index is 0.423. The molecule has 0 aliphatic rings. The van der Waals surface area contributed by atoms with Gasteiger partial charge in [-0.2, -0.15) is 0 Å². The highest BCUT2D eigenvalue weighted by Crippen LogP contribution is 2.17. The van der Waals surface area contributed by atoms with Crippen LogP contribution >= 0.6 is 11.5 Å². The van der Waals surface area contributed by atoms with E-state index in [1.165, 1.54) is 17.1 Å². The van der Waals surface area contributed by atoms with Crippen molar-refractivity contribution in [3.05, 3.63) is 34.7 Å². The maximum atomic E-state index is 5.59. The number of aryl methyl sites for hydroxylation is 1. The average molecular weight is 221 g/mol. The number of nitrogens with zero attached hydrogens (tertiary/aromatic N) is 2. The van der Waals surface area contributed by atoms with Crippen molar-refractivity contribution in [1.29, 1.82) is 0 Å². The van der Waals surface area contributed by atoms with Crippen molar-refractivity contribution in [2.75, 3.05) is 5.73 Å². The van der Waals surface area contributed by atoms with E-state index in [0.29, 0.717) is 12.4 Å². The van der Waals surface area contributed by atoms with Crippen molar-refractivity contribution in [2.24, 2.45) is 0 Å². The fourth-order valence-corrected chi connectivity index (χ4v) is 1.57. The number of rotatable bonds is 3. The molecule has 2 aromatic rings. The second-order valence-electron chi connectivity index (χ2n) is 3.18. The van der Waals surface area contributed by atoms with Gasteiger partial charge in [-0.15, -0.1) is 5.10 Å². The van der Waals surface area contributed by atoms with E-state index in [-0.39, 0.29) is 0 Å². The Morgan fingerprint density at radius 2 is 2.07 bits per heavy atom. The summed E-state index contributed by atoms with van der Waals surface area (Å²) in [6.07, 6.45) is 0. The molecule has 78 valence electrons. The minimum absolute atomic E-state index is 0.423. The minimum Gasteiger partial charge on any atom is -0.488 e. The number of nitrogen functional groups attached to an aromatic ring is 1. The first kappa shape index (κ1) is 9.92. The Labute approximate surface area is 91.9 Å². The van der Waals surface area contributed by atoms with E-state index in [1.807, 2.05) is 31.2 Å². The molecule has 0 aliphatic heterocycles. The molecule has 0 aliphatic carbocycles. The zero-order valence-electron chi connectivity index (χ0n) is 8.30. The molecule has 5 heteroatoms. The lowest BCUT2D eigenvalue weighted by atomic mass is 10.2. The number of hydrogen-bond donors (Lipinski definition) is 1. The predicted octanol–water partition coefficient (Wildman–Crippen LogP) is 2.01. The summed E-state index contributed by atoms with van der Waals surface area (Å²) in [6.45, 7) is 2.46. The van der Waals surface area contributed by atoms with Gasteiger partial charge in [0.1, 0.15) is 17.2 Å². The highest BCUT2D eigenvalue weighted by Gasteiger charge is 2.04. The number of benzene rings is 1. The summed E-state index contributed by atoms with van der Waals surface area (Å²) in [6, 6.07) is 7.87. The smallest absolute Gasteiger partial charge is 0.165 e. The molecule has 4 nitrogen and oxygen atoms in total. The number of anilines is 1. The largest absolute Gasteiger partial charge is 0.488 e. The maximum Gasteiger partial charge on any atom is 0.165 e. The predicted molar refractivity (Wildman–Crippen MR) is 59.8 cm³/mol. The third-order valence-corrected chi connectivity index (χ3v) is 2.69. The van der Waals surface area contributed by atoms with Crippen molar-refractivity contribution < 1.29 is 4.74 Å².